The van der Waals surface area contributed by atoms with Crippen LogP contribution in [0.2, 0.25) is 0 Å². The molecule has 2 N–H and O–H groups in total. The number of hydrogen-bond acceptors (Lipinski definition) is 3. The second-order valence-electron chi connectivity index (χ2n) is 6.61. The number of para-hydroxylation sites is 1. The van der Waals surface area contributed by atoms with Crippen molar-refractivity contribution in [1.82, 2.24) is 10.6 Å². The summed E-state index contributed by atoms with van der Waals surface area (Å²) in [7, 11) is -1.68. The maximum atomic E-state index is 12.7. The maximum Gasteiger partial charge on any atom is 0.236 e. The maximum absolute atomic E-state index is 12.7. The summed E-state index contributed by atoms with van der Waals surface area (Å²) in [6.45, 7) is 3.50. The van der Waals surface area contributed by atoms with E-state index in [1.54, 1.807) is 7.05 Å². The highest BCUT2D eigenvalue weighted by Crippen LogP contribution is 2.29. The molecule has 1 aliphatic rings. The van der Waals surface area contributed by atoms with E-state index in [9.17, 15) is 8.42 Å². The normalized spacial score (nSPS) is 13.6. The molecule has 0 saturated carbocycles. The summed E-state index contributed by atoms with van der Waals surface area (Å²) < 4.78 is 26.9. The van der Waals surface area contributed by atoms with E-state index in [0.29, 0.717) is 25.6 Å². The van der Waals surface area contributed by atoms with Crippen LogP contribution in [0.25, 0.3) is 0 Å². The molecule has 1 heterocycles. The van der Waals surface area contributed by atoms with Gasteiger partial charge in [0.15, 0.2) is 5.96 Å². The predicted octanol–water partition coefficient (Wildman–Crippen LogP) is 2.67. The zero-order valence-corrected chi connectivity index (χ0v) is 19.3. The fraction of sp³-hybridized carbons (Fsp3) is 0.350. The van der Waals surface area contributed by atoms with Crippen molar-refractivity contribution in [2.24, 2.45) is 4.99 Å². The smallest absolute Gasteiger partial charge is 0.236 e. The van der Waals surface area contributed by atoms with Gasteiger partial charge in [0.2, 0.25) is 10.0 Å². The molecule has 0 fully saturated rings. The first-order valence-corrected chi connectivity index (χ1v) is 10.7. The number of sulfonamides is 1. The van der Waals surface area contributed by atoms with Gasteiger partial charge in [0, 0.05) is 26.7 Å². The molecular weight excluding hydrogens is 487 g/mol. The van der Waals surface area contributed by atoms with Gasteiger partial charge < -0.3 is 10.6 Å². The number of nitrogens with one attached hydrogen (secondary N) is 2. The molecular formula is C20H27IN4O2S. The van der Waals surface area contributed by atoms with Gasteiger partial charge in [0.1, 0.15) is 0 Å². The third-order valence-corrected chi connectivity index (χ3v) is 6.37. The van der Waals surface area contributed by atoms with E-state index in [1.807, 2.05) is 36.4 Å². The topological polar surface area (TPSA) is 73.8 Å². The van der Waals surface area contributed by atoms with Gasteiger partial charge in [-0.15, -0.1) is 24.0 Å². The number of hydrogen-bond donors (Lipinski definition) is 2. The van der Waals surface area contributed by atoms with Gasteiger partial charge in [-0.1, -0.05) is 48.0 Å². The molecule has 2 aromatic rings. The van der Waals surface area contributed by atoms with Crippen molar-refractivity contribution in [3.63, 3.8) is 0 Å². The van der Waals surface area contributed by atoms with Crippen molar-refractivity contribution in [3.05, 3.63) is 65.2 Å². The second kappa shape index (κ2) is 10.1. The largest absolute Gasteiger partial charge is 0.355 e. The number of guanidine groups is 1. The van der Waals surface area contributed by atoms with Gasteiger partial charge in [-0.2, -0.15) is 0 Å². The Kier molecular flexibility index (Phi) is 8.11. The minimum absolute atomic E-state index is 0. The number of anilines is 1. The van der Waals surface area contributed by atoms with Crippen molar-refractivity contribution < 1.29 is 8.42 Å². The summed E-state index contributed by atoms with van der Waals surface area (Å²) in [6.07, 6.45) is 0.766. The monoisotopic (exact) mass is 514 g/mol. The van der Waals surface area contributed by atoms with Gasteiger partial charge >= 0.3 is 0 Å². The Morgan fingerprint density at radius 2 is 1.93 bits per heavy atom. The fourth-order valence-electron chi connectivity index (χ4n) is 3.23. The Bertz CT molecular complexity index is 931. The Balaban J connectivity index is 0.00000280. The Morgan fingerprint density at radius 1 is 1.14 bits per heavy atom. The molecule has 8 heteroatoms. The van der Waals surface area contributed by atoms with Gasteiger partial charge in [-0.25, -0.2) is 8.42 Å². The molecule has 1 aliphatic heterocycles. The van der Waals surface area contributed by atoms with Gasteiger partial charge in [-0.05, 0) is 30.5 Å². The van der Waals surface area contributed by atoms with Crippen LogP contribution in [0.15, 0.2) is 53.5 Å². The summed E-state index contributed by atoms with van der Waals surface area (Å²) in [4.78, 5) is 4.16. The number of nitrogens with zero attached hydrogens (tertiary/aromatic N) is 2. The van der Waals surface area contributed by atoms with E-state index in [1.165, 1.54) is 9.87 Å². The first kappa shape index (κ1) is 22.5. The lowest BCUT2D eigenvalue weighted by Gasteiger charge is -2.20. The number of halogens is 1. The Hall–Kier alpha value is -1.81. The summed E-state index contributed by atoms with van der Waals surface area (Å²) in [5.41, 5.74) is 4.25. The van der Waals surface area contributed by atoms with Crippen molar-refractivity contribution in [2.45, 2.75) is 19.9 Å². The highest BCUT2D eigenvalue weighted by atomic mass is 127. The van der Waals surface area contributed by atoms with Crippen LogP contribution in [0.5, 0.6) is 0 Å². The lowest BCUT2D eigenvalue weighted by molar-refractivity contribution is 0.591. The molecule has 0 bridgehead atoms. The number of benzene rings is 2. The number of aliphatic imine (C=N–C) groups is 1. The minimum atomic E-state index is -3.36. The second-order valence-corrected chi connectivity index (χ2v) is 8.62. The highest BCUT2D eigenvalue weighted by Gasteiger charge is 2.28. The number of fused-ring (bicyclic) bond motifs is 1. The Morgan fingerprint density at radius 3 is 2.68 bits per heavy atom. The van der Waals surface area contributed by atoms with Crippen LogP contribution >= 0.6 is 24.0 Å². The first-order valence-electron chi connectivity index (χ1n) is 9.08. The van der Waals surface area contributed by atoms with E-state index in [4.69, 9.17) is 0 Å². The zero-order chi connectivity index (χ0) is 19.3. The van der Waals surface area contributed by atoms with E-state index in [-0.39, 0.29) is 29.7 Å². The van der Waals surface area contributed by atoms with Crippen LogP contribution in [0.1, 0.15) is 16.7 Å². The summed E-state index contributed by atoms with van der Waals surface area (Å²) in [5, 5.41) is 6.31. The van der Waals surface area contributed by atoms with Crippen LogP contribution < -0.4 is 14.9 Å². The first-order chi connectivity index (χ1) is 13.0. The van der Waals surface area contributed by atoms with E-state index in [2.05, 4.69) is 34.7 Å². The van der Waals surface area contributed by atoms with E-state index in [0.717, 1.165) is 23.2 Å². The van der Waals surface area contributed by atoms with Gasteiger partial charge in [0.05, 0.1) is 11.4 Å². The molecule has 0 saturated heterocycles. The van der Waals surface area contributed by atoms with Crippen molar-refractivity contribution in [3.8, 4) is 0 Å². The molecule has 0 amide bonds. The van der Waals surface area contributed by atoms with Crippen LogP contribution in [-0.2, 0) is 23.0 Å². The molecule has 0 spiro atoms. The van der Waals surface area contributed by atoms with Crippen molar-refractivity contribution >= 4 is 45.6 Å². The average molecular weight is 514 g/mol. The molecule has 0 atom stereocenters. The van der Waals surface area contributed by atoms with Crippen LogP contribution in [-0.4, -0.2) is 40.3 Å². The summed E-state index contributed by atoms with van der Waals surface area (Å²) in [5.74, 6) is 0.612. The van der Waals surface area contributed by atoms with E-state index >= 15 is 0 Å². The van der Waals surface area contributed by atoms with Gasteiger partial charge in [0.25, 0.3) is 0 Å². The van der Waals surface area contributed by atoms with Crippen LogP contribution in [0, 0.1) is 6.92 Å². The average Bonchev–Trinajstić information content (AvgIpc) is 3.09. The summed E-state index contributed by atoms with van der Waals surface area (Å²) >= 11 is 0. The lowest BCUT2D eigenvalue weighted by atomic mass is 10.1. The van der Waals surface area contributed by atoms with Crippen molar-refractivity contribution in [1.29, 1.82) is 0 Å². The molecule has 6 nitrogen and oxygen atoms in total. The van der Waals surface area contributed by atoms with Crippen molar-refractivity contribution in [2.75, 3.05) is 30.2 Å². The molecule has 3 rings (SSSR count). The molecule has 0 unspecified atom stereocenters. The molecule has 0 aliphatic carbocycles. The van der Waals surface area contributed by atoms with Crippen LogP contribution in [0.4, 0.5) is 5.69 Å². The quantitative estimate of drug-likeness (QED) is 0.353. The fourth-order valence-corrected chi connectivity index (χ4v) is 4.66. The standard InChI is InChI=1S/C20H26N4O2S.HI/c1-16-6-5-7-17(14-16)15-23-20(21-2)22-11-13-27(25,26)24-12-10-18-8-3-4-9-19(18)24;/h3-9,14H,10-13,15H2,1-2H3,(H2,21,22,23);1H. The SMILES string of the molecule is CN=C(NCCS(=O)(=O)N1CCc2ccccc21)NCc1cccc(C)c1.I. The minimum Gasteiger partial charge on any atom is -0.355 e. The summed E-state index contributed by atoms with van der Waals surface area (Å²) in [6, 6.07) is 15.9. The molecule has 28 heavy (non-hydrogen) atoms. The Labute approximate surface area is 184 Å². The molecule has 152 valence electrons. The molecule has 0 aromatic heterocycles. The number of rotatable bonds is 6. The third-order valence-electron chi connectivity index (χ3n) is 4.60. The lowest BCUT2D eigenvalue weighted by Crippen LogP contribution is -2.41. The van der Waals surface area contributed by atoms with E-state index < -0.39 is 10.0 Å². The third kappa shape index (κ3) is 5.60. The molecule has 0 radical (unpaired) electrons. The molecule has 2 aromatic carbocycles. The van der Waals surface area contributed by atoms with Gasteiger partial charge in [-0.3, -0.25) is 9.30 Å². The highest BCUT2D eigenvalue weighted by molar-refractivity contribution is 14.0. The zero-order valence-electron chi connectivity index (χ0n) is 16.2. The predicted molar refractivity (Wildman–Crippen MR) is 126 cm³/mol. The number of aryl methyl sites for hydroxylation is 1. The van der Waals surface area contributed by atoms with Crippen LogP contribution in [0.3, 0.4) is 0 Å².